The largest absolute Gasteiger partial charge is 0.433 e. The van der Waals surface area contributed by atoms with Crippen LogP contribution in [0.25, 0.3) is 0 Å². The van der Waals surface area contributed by atoms with Crippen LogP contribution in [0.1, 0.15) is 31.9 Å². The van der Waals surface area contributed by atoms with Crippen LogP contribution >= 0.6 is 0 Å². The topological polar surface area (TPSA) is 61.3 Å². The molecule has 0 aromatic carbocycles. The number of anilines is 2. The Bertz CT molecular complexity index is 481. The maximum absolute atomic E-state index is 12.9. The number of aliphatic hydroxyl groups excluding tert-OH is 1. The molecule has 1 unspecified atom stereocenters. The van der Waals surface area contributed by atoms with Crippen LogP contribution in [-0.2, 0) is 6.18 Å². The molecule has 1 atom stereocenters. The molecule has 1 fully saturated rings. The van der Waals surface area contributed by atoms with Crippen molar-refractivity contribution in [2.45, 2.75) is 38.5 Å². The van der Waals surface area contributed by atoms with E-state index in [1.165, 1.54) is 0 Å². The zero-order valence-electron chi connectivity index (χ0n) is 11.8. The Morgan fingerprint density at radius 2 is 2.19 bits per heavy atom. The standard InChI is InChI=1S/C13H19F3N4O/c1-2-5-17-12-18-10(13(14,15)16)7-11(19-12)20-6-3-4-9(21)8-20/h7,9,21H,2-6,8H2,1H3,(H,17,18,19). The Hall–Kier alpha value is -1.57. The van der Waals surface area contributed by atoms with E-state index in [2.05, 4.69) is 15.3 Å². The molecule has 0 spiro atoms. The first-order chi connectivity index (χ1) is 9.90. The molecule has 0 radical (unpaired) electrons. The minimum absolute atomic E-state index is 0.0262. The first kappa shape index (κ1) is 15.8. The Balaban J connectivity index is 2.30. The molecule has 0 aliphatic carbocycles. The molecule has 1 aliphatic heterocycles. The van der Waals surface area contributed by atoms with Gasteiger partial charge in [0, 0.05) is 25.7 Å². The number of hydrogen-bond acceptors (Lipinski definition) is 5. The number of halogens is 3. The fourth-order valence-corrected chi connectivity index (χ4v) is 2.22. The van der Waals surface area contributed by atoms with Crippen LogP contribution in [0.15, 0.2) is 6.07 Å². The summed E-state index contributed by atoms with van der Waals surface area (Å²) in [7, 11) is 0. The second kappa shape index (κ2) is 6.46. The van der Waals surface area contributed by atoms with Crippen LogP contribution in [0.2, 0.25) is 0 Å². The van der Waals surface area contributed by atoms with Crippen LogP contribution < -0.4 is 10.2 Å². The molecule has 1 aromatic heterocycles. The van der Waals surface area contributed by atoms with Crippen molar-refractivity contribution in [3.63, 3.8) is 0 Å². The van der Waals surface area contributed by atoms with Gasteiger partial charge in [0.15, 0.2) is 5.69 Å². The van der Waals surface area contributed by atoms with Crippen LogP contribution in [0.4, 0.5) is 24.9 Å². The number of rotatable bonds is 4. The van der Waals surface area contributed by atoms with Crippen molar-refractivity contribution in [1.29, 1.82) is 0 Å². The van der Waals surface area contributed by atoms with Gasteiger partial charge in [-0.2, -0.15) is 18.2 Å². The van der Waals surface area contributed by atoms with Crippen LogP contribution in [0, 0.1) is 0 Å². The molecule has 2 N–H and O–H groups in total. The maximum Gasteiger partial charge on any atom is 0.433 e. The molecule has 2 rings (SSSR count). The number of hydrogen-bond donors (Lipinski definition) is 2. The second-order valence-corrected chi connectivity index (χ2v) is 5.10. The van der Waals surface area contributed by atoms with E-state index < -0.39 is 18.0 Å². The molecule has 1 aliphatic rings. The zero-order chi connectivity index (χ0) is 15.5. The van der Waals surface area contributed by atoms with Gasteiger partial charge >= 0.3 is 6.18 Å². The number of aromatic nitrogens is 2. The van der Waals surface area contributed by atoms with Gasteiger partial charge in [-0.15, -0.1) is 0 Å². The van der Waals surface area contributed by atoms with Gasteiger partial charge in [0.2, 0.25) is 5.95 Å². The highest BCUT2D eigenvalue weighted by Gasteiger charge is 2.34. The minimum atomic E-state index is -4.52. The highest BCUT2D eigenvalue weighted by molar-refractivity contribution is 5.46. The van der Waals surface area contributed by atoms with Gasteiger partial charge in [0.1, 0.15) is 5.82 Å². The third-order valence-electron chi connectivity index (χ3n) is 3.26. The summed E-state index contributed by atoms with van der Waals surface area (Å²) in [6, 6.07) is 0.940. The molecule has 1 aromatic rings. The van der Waals surface area contributed by atoms with E-state index in [0.29, 0.717) is 26.1 Å². The number of alkyl halides is 3. The predicted molar refractivity (Wildman–Crippen MR) is 73.3 cm³/mol. The third kappa shape index (κ3) is 4.20. The van der Waals surface area contributed by atoms with Gasteiger partial charge in [-0.3, -0.25) is 0 Å². The molecule has 118 valence electrons. The van der Waals surface area contributed by atoms with E-state index >= 15 is 0 Å². The molecule has 21 heavy (non-hydrogen) atoms. The molecule has 5 nitrogen and oxygen atoms in total. The SMILES string of the molecule is CCCNc1nc(N2CCCC(O)C2)cc(C(F)(F)F)n1. The lowest BCUT2D eigenvalue weighted by atomic mass is 10.1. The van der Waals surface area contributed by atoms with Crippen molar-refractivity contribution < 1.29 is 18.3 Å². The summed E-state index contributed by atoms with van der Waals surface area (Å²) in [5.74, 6) is 0.177. The zero-order valence-corrected chi connectivity index (χ0v) is 11.8. The average molecular weight is 304 g/mol. The molecule has 0 amide bonds. The van der Waals surface area contributed by atoms with Crippen molar-refractivity contribution in [3.8, 4) is 0 Å². The highest BCUT2D eigenvalue weighted by Crippen LogP contribution is 2.31. The van der Waals surface area contributed by atoms with Crippen molar-refractivity contribution in [2.75, 3.05) is 29.9 Å². The summed E-state index contributed by atoms with van der Waals surface area (Å²) in [5, 5.41) is 12.4. The van der Waals surface area contributed by atoms with Gasteiger partial charge in [-0.25, -0.2) is 4.98 Å². The molecule has 2 heterocycles. The van der Waals surface area contributed by atoms with Gasteiger partial charge in [0.25, 0.3) is 0 Å². The summed E-state index contributed by atoms with van der Waals surface area (Å²) in [6.07, 6.45) is -2.90. The van der Waals surface area contributed by atoms with Crippen LogP contribution in [0.3, 0.4) is 0 Å². The fraction of sp³-hybridized carbons (Fsp3) is 0.692. The monoisotopic (exact) mass is 304 g/mol. The number of β-amino-alcohol motifs (C(OH)–C–C–N with tert-alkyl or cyclic N) is 1. The molecule has 1 saturated heterocycles. The van der Waals surface area contributed by atoms with E-state index in [4.69, 9.17) is 0 Å². The van der Waals surface area contributed by atoms with Crippen molar-refractivity contribution in [3.05, 3.63) is 11.8 Å². The number of piperidine rings is 1. The van der Waals surface area contributed by atoms with E-state index in [-0.39, 0.29) is 11.8 Å². The maximum atomic E-state index is 12.9. The van der Waals surface area contributed by atoms with E-state index in [9.17, 15) is 18.3 Å². The highest BCUT2D eigenvalue weighted by atomic mass is 19.4. The van der Waals surface area contributed by atoms with E-state index in [0.717, 1.165) is 18.9 Å². The van der Waals surface area contributed by atoms with E-state index in [1.807, 2.05) is 6.92 Å². The molecule has 0 saturated carbocycles. The lowest BCUT2D eigenvalue weighted by molar-refractivity contribution is -0.141. The van der Waals surface area contributed by atoms with Crippen LogP contribution in [0.5, 0.6) is 0 Å². The van der Waals surface area contributed by atoms with Gasteiger partial charge in [0.05, 0.1) is 6.10 Å². The fourth-order valence-electron chi connectivity index (χ4n) is 2.22. The van der Waals surface area contributed by atoms with Crippen molar-refractivity contribution >= 4 is 11.8 Å². The van der Waals surface area contributed by atoms with Crippen molar-refractivity contribution in [1.82, 2.24) is 9.97 Å². The first-order valence-electron chi connectivity index (χ1n) is 7.03. The Labute approximate surface area is 121 Å². The summed E-state index contributed by atoms with van der Waals surface area (Å²) < 4.78 is 38.8. The van der Waals surface area contributed by atoms with E-state index in [1.54, 1.807) is 4.90 Å². The Morgan fingerprint density at radius 3 is 2.81 bits per heavy atom. The molecule has 0 bridgehead atoms. The number of nitrogens with one attached hydrogen (secondary N) is 1. The minimum Gasteiger partial charge on any atom is -0.391 e. The lowest BCUT2D eigenvalue weighted by Crippen LogP contribution is -2.39. The molecular weight excluding hydrogens is 285 g/mol. The smallest absolute Gasteiger partial charge is 0.391 e. The summed E-state index contributed by atoms with van der Waals surface area (Å²) in [6.45, 7) is 3.28. The average Bonchev–Trinajstić information content (AvgIpc) is 2.44. The summed E-state index contributed by atoms with van der Waals surface area (Å²) >= 11 is 0. The third-order valence-corrected chi connectivity index (χ3v) is 3.26. The number of nitrogens with zero attached hydrogens (tertiary/aromatic N) is 3. The molecule has 8 heteroatoms. The summed E-state index contributed by atoms with van der Waals surface area (Å²) in [5.41, 5.74) is -0.967. The first-order valence-corrected chi connectivity index (χ1v) is 7.03. The quantitative estimate of drug-likeness (QED) is 0.893. The van der Waals surface area contributed by atoms with Gasteiger partial charge in [-0.05, 0) is 19.3 Å². The normalized spacial score (nSPS) is 19.7. The number of aliphatic hydroxyl groups is 1. The van der Waals surface area contributed by atoms with Gasteiger partial charge < -0.3 is 15.3 Å². The Kier molecular flexibility index (Phi) is 4.87. The van der Waals surface area contributed by atoms with Crippen molar-refractivity contribution in [2.24, 2.45) is 0 Å². The lowest BCUT2D eigenvalue weighted by Gasteiger charge is -2.31. The second-order valence-electron chi connectivity index (χ2n) is 5.10. The Morgan fingerprint density at radius 1 is 1.43 bits per heavy atom. The molecular formula is C13H19F3N4O. The summed E-state index contributed by atoms with van der Waals surface area (Å²) in [4.78, 5) is 9.32. The predicted octanol–water partition coefficient (Wildman–Crippen LogP) is 2.28. The van der Waals surface area contributed by atoms with Crippen LogP contribution in [-0.4, -0.2) is 40.8 Å². The van der Waals surface area contributed by atoms with Gasteiger partial charge in [-0.1, -0.05) is 6.92 Å².